The molecular formula is C38H52N2O5S2. The van der Waals surface area contributed by atoms with E-state index in [9.17, 15) is 14.4 Å². The van der Waals surface area contributed by atoms with Crippen LogP contribution >= 0.6 is 25.3 Å². The van der Waals surface area contributed by atoms with Crippen molar-refractivity contribution in [2.75, 3.05) is 32.1 Å². The molecule has 256 valence electrons. The minimum Gasteiger partial charge on any atom is -0.379 e. The Morgan fingerprint density at radius 2 is 1.62 bits per heavy atom. The number of unbranched alkanes of at least 4 members (excludes halogenated alkanes) is 3. The van der Waals surface area contributed by atoms with Crippen LogP contribution in [-0.2, 0) is 25.5 Å². The lowest BCUT2D eigenvalue weighted by atomic mass is 9.72. The lowest BCUT2D eigenvalue weighted by Gasteiger charge is -2.39. The van der Waals surface area contributed by atoms with E-state index in [0.29, 0.717) is 61.8 Å². The zero-order chi connectivity index (χ0) is 34.2. The number of hydrogen-bond donors (Lipinski definition) is 2. The van der Waals surface area contributed by atoms with Gasteiger partial charge >= 0.3 is 5.97 Å². The lowest BCUT2D eigenvalue weighted by Crippen LogP contribution is -2.54. The van der Waals surface area contributed by atoms with Crippen LogP contribution < -0.4 is 0 Å². The van der Waals surface area contributed by atoms with Crippen LogP contribution in [0.1, 0.15) is 130 Å². The predicted octanol–water partition coefficient (Wildman–Crippen LogP) is 8.26. The molecule has 0 unspecified atom stereocenters. The first kappa shape index (κ1) is 37.4. The molecule has 0 radical (unpaired) electrons. The predicted molar refractivity (Wildman–Crippen MR) is 196 cm³/mol. The zero-order valence-corrected chi connectivity index (χ0v) is 30.6. The second-order valence-corrected chi connectivity index (χ2v) is 14.0. The van der Waals surface area contributed by atoms with E-state index in [-0.39, 0.29) is 29.1 Å². The molecule has 1 heterocycles. The third-order valence-electron chi connectivity index (χ3n) is 10.1. The maximum Gasteiger partial charge on any atom is 0.335 e. The van der Waals surface area contributed by atoms with Gasteiger partial charge in [0.15, 0.2) is 5.78 Å². The number of ketones is 2. The summed E-state index contributed by atoms with van der Waals surface area (Å²) in [5.41, 5.74) is 5.71. The molecule has 1 fully saturated rings. The number of oxime groups is 1. The molecule has 0 N–H and O–H groups in total. The van der Waals surface area contributed by atoms with Gasteiger partial charge in [-0.2, -0.15) is 25.3 Å². The molecule has 0 spiro atoms. The first-order valence-electron chi connectivity index (χ1n) is 17.3. The maximum atomic E-state index is 14.2. The van der Waals surface area contributed by atoms with Gasteiger partial charge in [-0.15, -0.1) is 0 Å². The quantitative estimate of drug-likeness (QED) is 0.0437. The molecule has 7 nitrogen and oxygen atoms in total. The Morgan fingerprint density at radius 3 is 2.26 bits per heavy atom. The Bertz CT molecular complexity index is 1470. The second-order valence-electron chi connectivity index (χ2n) is 13.2. The normalized spacial score (nSPS) is 16.1. The van der Waals surface area contributed by atoms with Gasteiger partial charge < -0.3 is 9.57 Å². The first-order chi connectivity index (χ1) is 22.6. The van der Waals surface area contributed by atoms with Crippen LogP contribution in [0.2, 0.25) is 0 Å². The van der Waals surface area contributed by atoms with Gasteiger partial charge in [0, 0.05) is 41.8 Å². The number of carbonyl (C=O) groups excluding carboxylic acids is 3. The van der Waals surface area contributed by atoms with E-state index in [1.54, 1.807) is 0 Å². The number of nitrogens with zero attached hydrogens (tertiary/aromatic N) is 2. The molecular weight excluding hydrogens is 629 g/mol. The number of benzene rings is 2. The summed E-state index contributed by atoms with van der Waals surface area (Å²) in [7, 11) is 0. The van der Waals surface area contributed by atoms with Crippen molar-refractivity contribution in [2.24, 2.45) is 5.16 Å². The van der Waals surface area contributed by atoms with Gasteiger partial charge in [0.2, 0.25) is 5.78 Å². The fraction of sp³-hybridized carbons (Fsp3) is 0.579. The number of Topliss-reactive ketones (excluding diaryl/α,β-unsaturated/α-hetero) is 2. The highest BCUT2D eigenvalue weighted by molar-refractivity contribution is 7.80. The molecule has 47 heavy (non-hydrogen) atoms. The van der Waals surface area contributed by atoms with Crippen molar-refractivity contribution >= 4 is 48.5 Å². The van der Waals surface area contributed by atoms with Crippen LogP contribution in [-0.4, -0.2) is 65.7 Å². The smallest absolute Gasteiger partial charge is 0.335 e. The maximum absolute atomic E-state index is 14.2. The molecule has 2 aromatic carbocycles. The number of ether oxygens (including phenoxy) is 1. The zero-order valence-electron chi connectivity index (χ0n) is 28.8. The molecule has 0 amide bonds. The fourth-order valence-electron chi connectivity index (χ4n) is 7.26. The van der Waals surface area contributed by atoms with Gasteiger partial charge in [0.05, 0.1) is 18.8 Å². The van der Waals surface area contributed by atoms with Crippen LogP contribution in [0.15, 0.2) is 35.5 Å². The summed E-state index contributed by atoms with van der Waals surface area (Å²) in [5.74, 6) is 0.437. The topological polar surface area (TPSA) is 85.3 Å². The van der Waals surface area contributed by atoms with Crippen molar-refractivity contribution in [1.82, 2.24) is 4.90 Å². The monoisotopic (exact) mass is 680 g/mol. The van der Waals surface area contributed by atoms with Crippen LogP contribution in [0.3, 0.4) is 0 Å². The van der Waals surface area contributed by atoms with E-state index in [1.165, 1.54) is 5.56 Å². The van der Waals surface area contributed by atoms with Crippen molar-refractivity contribution < 1.29 is 24.0 Å². The number of morpholine rings is 1. The molecule has 0 atom stereocenters. The average Bonchev–Trinajstić information content (AvgIpc) is 3.38. The SMILES string of the molecule is CCCCCCC(=O)O/N=C(\CCCS)C(=O)c1ccc2c(c1)-c1cc(C(=O)C(C)(C)N3CCOCC3)cc(CS)c1C2(CC)CC. The molecule has 0 aromatic heterocycles. The van der Waals surface area contributed by atoms with E-state index in [0.717, 1.165) is 60.8 Å². The third kappa shape index (κ3) is 7.90. The Balaban J connectivity index is 1.75. The van der Waals surface area contributed by atoms with Gasteiger partial charge in [0.1, 0.15) is 5.71 Å². The first-order valence-corrected chi connectivity index (χ1v) is 18.6. The van der Waals surface area contributed by atoms with Crippen LogP contribution in [0.4, 0.5) is 0 Å². The Morgan fingerprint density at radius 1 is 0.915 bits per heavy atom. The highest BCUT2D eigenvalue weighted by Crippen LogP contribution is 2.55. The molecule has 4 rings (SSSR count). The standard InChI is InChI=1S/C38H52N2O5S2/c1-6-9-10-11-14-33(41)45-39-32(13-12-21-46)35(42)26-15-16-31-29(23-26)30-24-27(22-28(25-47)34(30)38(31,7-2)8-3)36(43)37(4,5)40-17-19-44-20-18-40/h15-16,22-24,46-47H,6-14,17-21,25H2,1-5H3/b39-32+. The summed E-state index contributed by atoms with van der Waals surface area (Å²) in [6.45, 7) is 13.1. The Hall–Kier alpha value is -2.46. The molecule has 0 bridgehead atoms. The highest BCUT2D eigenvalue weighted by Gasteiger charge is 2.44. The van der Waals surface area contributed by atoms with Crippen molar-refractivity contribution in [1.29, 1.82) is 0 Å². The van der Waals surface area contributed by atoms with E-state index in [1.807, 2.05) is 38.1 Å². The number of carbonyl (C=O) groups is 3. The van der Waals surface area contributed by atoms with Crippen molar-refractivity contribution in [2.45, 2.75) is 109 Å². The number of hydrogen-bond acceptors (Lipinski definition) is 9. The van der Waals surface area contributed by atoms with Crippen molar-refractivity contribution in [3.63, 3.8) is 0 Å². The third-order valence-corrected chi connectivity index (χ3v) is 10.8. The molecule has 2 aromatic rings. The summed E-state index contributed by atoms with van der Waals surface area (Å²) in [6, 6.07) is 9.93. The number of thiol groups is 2. The Kier molecular flexibility index (Phi) is 13.3. The molecule has 1 aliphatic heterocycles. The number of fused-ring (bicyclic) bond motifs is 3. The molecule has 0 saturated carbocycles. The minimum atomic E-state index is -0.705. The van der Waals surface area contributed by atoms with Crippen molar-refractivity contribution in [3.8, 4) is 11.1 Å². The lowest BCUT2D eigenvalue weighted by molar-refractivity contribution is -0.143. The van der Waals surface area contributed by atoms with Crippen LogP contribution in [0.25, 0.3) is 11.1 Å². The van der Waals surface area contributed by atoms with E-state index in [2.05, 4.69) is 49.5 Å². The Labute approximate surface area is 292 Å². The van der Waals surface area contributed by atoms with E-state index in [4.69, 9.17) is 22.2 Å². The average molecular weight is 681 g/mol. The molecule has 1 saturated heterocycles. The van der Waals surface area contributed by atoms with Crippen LogP contribution in [0.5, 0.6) is 0 Å². The molecule has 1 aliphatic carbocycles. The van der Waals surface area contributed by atoms with Gasteiger partial charge in [0.25, 0.3) is 0 Å². The summed E-state index contributed by atoms with van der Waals surface area (Å²) in [4.78, 5) is 48.0. The summed E-state index contributed by atoms with van der Waals surface area (Å²) in [5, 5.41) is 4.09. The molecule has 9 heteroatoms. The van der Waals surface area contributed by atoms with E-state index >= 15 is 0 Å². The minimum absolute atomic E-state index is 0.0576. The van der Waals surface area contributed by atoms with Crippen LogP contribution in [0, 0.1) is 0 Å². The van der Waals surface area contributed by atoms with Gasteiger partial charge in [-0.3, -0.25) is 14.5 Å². The highest BCUT2D eigenvalue weighted by atomic mass is 32.1. The second kappa shape index (κ2) is 16.8. The number of rotatable bonds is 17. The van der Waals surface area contributed by atoms with Gasteiger partial charge in [-0.05, 0) is 97.7 Å². The summed E-state index contributed by atoms with van der Waals surface area (Å²) in [6.07, 6.45) is 6.84. The largest absolute Gasteiger partial charge is 0.379 e. The van der Waals surface area contributed by atoms with Gasteiger partial charge in [-0.1, -0.05) is 57.3 Å². The summed E-state index contributed by atoms with van der Waals surface area (Å²) >= 11 is 9.09. The van der Waals surface area contributed by atoms with E-state index < -0.39 is 11.5 Å². The van der Waals surface area contributed by atoms with Gasteiger partial charge in [-0.25, -0.2) is 4.79 Å². The summed E-state index contributed by atoms with van der Waals surface area (Å²) < 4.78 is 5.56. The van der Waals surface area contributed by atoms with Crippen molar-refractivity contribution in [3.05, 3.63) is 58.1 Å². The fourth-order valence-corrected chi connectivity index (χ4v) is 7.67. The molecule has 2 aliphatic rings.